The van der Waals surface area contributed by atoms with Crippen molar-refractivity contribution >= 4 is 23.2 Å². The number of nitrogens with one attached hydrogen (secondary N) is 1. The van der Waals surface area contributed by atoms with Crippen LogP contribution in [-0.4, -0.2) is 31.7 Å². The number of hydrogen-bond acceptors (Lipinski definition) is 3. The van der Waals surface area contributed by atoms with Gasteiger partial charge in [-0.3, -0.25) is 4.79 Å². The third-order valence-electron chi connectivity index (χ3n) is 3.60. The molecule has 2 aromatic rings. The molecule has 0 aliphatic rings. The molecule has 0 aliphatic carbocycles. The van der Waals surface area contributed by atoms with Crippen molar-refractivity contribution in [1.29, 1.82) is 0 Å². The van der Waals surface area contributed by atoms with Crippen LogP contribution in [0.25, 0.3) is 0 Å². The summed E-state index contributed by atoms with van der Waals surface area (Å²) < 4.78 is 0. The highest BCUT2D eigenvalue weighted by atomic mass is 35.5. The first-order chi connectivity index (χ1) is 11.0. The van der Waals surface area contributed by atoms with Gasteiger partial charge in [0.25, 0.3) is 0 Å². The van der Waals surface area contributed by atoms with Crippen molar-refractivity contribution < 1.29 is 9.90 Å². The van der Waals surface area contributed by atoms with Gasteiger partial charge in [0.15, 0.2) is 0 Å². The minimum atomic E-state index is -0.735. The van der Waals surface area contributed by atoms with E-state index < -0.39 is 6.10 Å². The first-order valence-corrected chi connectivity index (χ1v) is 7.80. The van der Waals surface area contributed by atoms with E-state index in [-0.39, 0.29) is 18.9 Å². The number of anilines is 1. The molecule has 0 bridgehead atoms. The van der Waals surface area contributed by atoms with Crippen molar-refractivity contribution in [2.24, 2.45) is 0 Å². The van der Waals surface area contributed by atoms with Crippen LogP contribution in [0.5, 0.6) is 0 Å². The maximum absolute atomic E-state index is 12.0. The predicted octanol–water partition coefficient (Wildman–Crippen LogP) is 2.80. The van der Waals surface area contributed by atoms with Crippen molar-refractivity contribution in [2.45, 2.75) is 12.5 Å². The van der Waals surface area contributed by atoms with E-state index in [0.717, 1.165) is 16.8 Å². The monoisotopic (exact) mass is 332 g/mol. The van der Waals surface area contributed by atoms with E-state index in [1.165, 1.54) is 0 Å². The number of halogens is 1. The largest absolute Gasteiger partial charge is 0.387 e. The molecule has 4 nitrogen and oxygen atoms in total. The molecule has 2 N–H and O–H groups in total. The smallest absolute Gasteiger partial charge is 0.224 e. The number of rotatable bonds is 6. The van der Waals surface area contributed by atoms with Crippen LogP contribution in [-0.2, 0) is 11.2 Å². The summed E-state index contributed by atoms with van der Waals surface area (Å²) in [7, 11) is 3.92. The van der Waals surface area contributed by atoms with Crippen LogP contribution in [0.4, 0.5) is 5.69 Å². The molecule has 0 saturated carbocycles. The van der Waals surface area contributed by atoms with Gasteiger partial charge >= 0.3 is 0 Å². The molecule has 0 heterocycles. The normalized spacial score (nSPS) is 11.8. The Morgan fingerprint density at radius 2 is 1.83 bits per heavy atom. The van der Waals surface area contributed by atoms with Crippen LogP contribution in [0.2, 0.25) is 5.02 Å². The number of nitrogens with zero attached hydrogens (tertiary/aromatic N) is 1. The molecule has 1 amide bonds. The van der Waals surface area contributed by atoms with Crippen molar-refractivity contribution in [3.63, 3.8) is 0 Å². The molecule has 122 valence electrons. The Kier molecular flexibility index (Phi) is 6.02. The molecule has 0 unspecified atom stereocenters. The van der Waals surface area contributed by atoms with Crippen molar-refractivity contribution in [1.82, 2.24) is 5.32 Å². The second-order valence-electron chi connectivity index (χ2n) is 5.57. The summed E-state index contributed by atoms with van der Waals surface area (Å²) in [6.45, 7) is 0.171. The minimum absolute atomic E-state index is 0.165. The van der Waals surface area contributed by atoms with E-state index in [1.54, 1.807) is 6.07 Å². The number of benzene rings is 2. The van der Waals surface area contributed by atoms with E-state index in [1.807, 2.05) is 61.5 Å². The third-order valence-corrected chi connectivity index (χ3v) is 3.96. The van der Waals surface area contributed by atoms with Crippen LogP contribution in [0.1, 0.15) is 17.2 Å². The maximum atomic E-state index is 12.0. The molecule has 2 rings (SSSR count). The van der Waals surface area contributed by atoms with Gasteiger partial charge < -0.3 is 15.3 Å². The summed E-state index contributed by atoms with van der Waals surface area (Å²) in [4.78, 5) is 13.9. The first kappa shape index (κ1) is 17.3. The van der Waals surface area contributed by atoms with E-state index in [9.17, 15) is 9.90 Å². The van der Waals surface area contributed by atoms with Crippen LogP contribution in [0.15, 0.2) is 48.5 Å². The Bertz CT molecular complexity index is 656. The summed E-state index contributed by atoms with van der Waals surface area (Å²) in [6.07, 6.45) is -0.534. The Morgan fingerprint density at radius 3 is 2.43 bits per heavy atom. The summed E-state index contributed by atoms with van der Waals surface area (Å²) in [5, 5.41) is 13.5. The van der Waals surface area contributed by atoms with E-state index in [4.69, 9.17) is 11.6 Å². The SMILES string of the molecule is CN(C)c1ccc([C@H](O)CNC(=O)Cc2ccccc2Cl)cc1. The van der Waals surface area contributed by atoms with E-state index in [0.29, 0.717) is 5.02 Å². The van der Waals surface area contributed by atoms with Gasteiger partial charge in [-0.1, -0.05) is 41.9 Å². The zero-order valence-electron chi connectivity index (χ0n) is 13.3. The molecule has 0 fully saturated rings. The van der Waals surface area contributed by atoms with Gasteiger partial charge in [0, 0.05) is 31.4 Å². The predicted molar refractivity (Wildman–Crippen MR) is 93.9 cm³/mol. The lowest BCUT2D eigenvalue weighted by Crippen LogP contribution is -2.29. The lowest BCUT2D eigenvalue weighted by Gasteiger charge is -2.16. The number of amides is 1. The standard InChI is InChI=1S/C18H21ClN2O2/c1-21(2)15-9-7-13(8-10-15)17(22)12-20-18(23)11-14-5-3-4-6-16(14)19/h3-10,17,22H,11-12H2,1-2H3,(H,20,23)/t17-/m1/s1. The van der Waals surface area contributed by atoms with Crippen LogP contribution >= 0.6 is 11.6 Å². The van der Waals surface area contributed by atoms with Gasteiger partial charge in [0.1, 0.15) is 0 Å². The summed E-state index contributed by atoms with van der Waals surface area (Å²) in [5.41, 5.74) is 2.61. The Morgan fingerprint density at radius 1 is 1.17 bits per heavy atom. The van der Waals surface area contributed by atoms with Crippen LogP contribution in [0, 0.1) is 0 Å². The highest BCUT2D eigenvalue weighted by molar-refractivity contribution is 6.31. The minimum Gasteiger partial charge on any atom is -0.387 e. The van der Waals surface area contributed by atoms with Crippen LogP contribution in [0.3, 0.4) is 0 Å². The molecular formula is C18H21ClN2O2. The average Bonchev–Trinajstić information content (AvgIpc) is 2.55. The topological polar surface area (TPSA) is 52.6 Å². The summed E-state index contributed by atoms with van der Waals surface area (Å²) in [5.74, 6) is -0.165. The first-order valence-electron chi connectivity index (χ1n) is 7.43. The molecular weight excluding hydrogens is 312 g/mol. The average molecular weight is 333 g/mol. The van der Waals surface area contributed by atoms with Gasteiger partial charge in [-0.15, -0.1) is 0 Å². The summed E-state index contributed by atoms with van der Waals surface area (Å²) >= 11 is 6.03. The van der Waals surface area contributed by atoms with Gasteiger partial charge in [0.2, 0.25) is 5.91 Å². The zero-order valence-corrected chi connectivity index (χ0v) is 14.0. The quantitative estimate of drug-likeness (QED) is 0.855. The van der Waals surface area contributed by atoms with Gasteiger partial charge in [-0.2, -0.15) is 0 Å². The Balaban J connectivity index is 1.87. The van der Waals surface area contributed by atoms with Crippen molar-refractivity contribution in [2.75, 3.05) is 25.5 Å². The lowest BCUT2D eigenvalue weighted by molar-refractivity contribution is -0.120. The fraction of sp³-hybridized carbons (Fsp3) is 0.278. The third kappa shape index (κ3) is 4.98. The molecule has 0 radical (unpaired) electrons. The van der Waals surface area contributed by atoms with Crippen molar-refractivity contribution in [3.05, 3.63) is 64.7 Å². The number of carbonyl (C=O) groups is 1. The molecule has 0 spiro atoms. The van der Waals surface area contributed by atoms with Crippen LogP contribution < -0.4 is 10.2 Å². The van der Waals surface area contributed by atoms with E-state index >= 15 is 0 Å². The van der Waals surface area contributed by atoms with Gasteiger partial charge in [-0.05, 0) is 29.3 Å². The lowest BCUT2D eigenvalue weighted by atomic mass is 10.1. The maximum Gasteiger partial charge on any atom is 0.224 e. The molecule has 0 aromatic heterocycles. The van der Waals surface area contributed by atoms with Crippen molar-refractivity contribution in [3.8, 4) is 0 Å². The fourth-order valence-electron chi connectivity index (χ4n) is 2.20. The Hall–Kier alpha value is -2.04. The highest BCUT2D eigenvalue weighted by Gasteiger charge is 2.11. The van der Waals surface area contributed by atoms with E-state index in [2.05, 4.69) is 5.32 Å². The molecule has 5 heteroatoms. The fourth-order valence-corrected chi connectivity index (χ4v) is 2.40. The number of carbonyl (C=O) groups excluding carboxylic acids is 1. The molecule has 2 aromatic carbocycles. The van der Waals surface area contributed by atoms with Gasteiger partial charge in [-0.25, -0.2) is 0 Å². The molecule has 1 atom stereocenters. The van der Waals surface area contributed by atoms with Gasteiger partial charge in [0.05, 0.1) is 12.5 Å². The molecule has 0 saturated heterocycles. The summed E-state index contributed by atoms with van der Waals surface area (Å²) in [6, 6.07) is 14.8. The number of hydrogen-bond donors (Lipinski definition) is 2. The second-order valence-corrected chi connectivity index (χ2v) is 5.98. The second kappa shape index (κ2) is 7.99. The Labute approximate surface area is 141 Å². The molecule has 23 heavy (non-hydrogen) atoms. The number of aliphatic hydroxyl groups is 1. The molecule has 0 aliphatic heterocycles. The zero-order chi connectivity index (χ0) is 16.8. The number of aliphatic hydroxyl groups excluding tert-OH is 1. The highest BCUT2D eigenvalue weighted by Crippen LogP contribution is 2.18.